The molecule has 1 saturated heterocycles. The summed E-state index contributed by atoms with van der Waals surface area (Å²) in [5, 5.41) is 10.9. The van der Waals surface area contributed by atoms with Gasteiger partial charge in [0.25, 0.3) is 0 Å². The lowest BCUT2D eigenvalue weighted by molar-refractivity contribution is -0.201. The second-order valence-electron chi connectivity index (χ2n) is 7.20. The molecule has 0 aromatic carbocycles. The van der Waals surface area contributed by atoms with Crippen molar-refractivity contribution in [1.82, 2.24) is 5.06 Å². The first kappa shape index (κ1) is 25.4. The minimum absolute atomic E-state index is 0.586. The first-order valence-corrected chi connectivity index (χ1v) is 10.3. The number of hydroxylamine groups is 2. The molecule has 0 aliphatic carbocycles. The molecule has 1 heterocycles. The monoisotopic (exact) mass is 467 g/mol. The molecule has 2 atom stereocenters. The Hall–Kier alpha value is -0.680. The maximum atomic E-state index is 12.5. The molecule has 1 fully saturated rings. The summed E-state index contributed by atoms with van der Waals surface area (Å²) < 4.78 is 127. The zero-order chi connectivity index (χ0) is 22.6. The molecule has 0 aromatic rings. The summed E-state index contributed by atoms with van der Waals surface area (Å²) in [6.45, 7) is 2.69. The molecule has 1 N–H and O–H groups in total. The van der Waals surface area contributed by atoms with E-state index in [0.717, 1.165) is 0 Å². The van der Waals surface area contributed by atoms with Crippen LogP contribution in [0.15, 0.2) is 0 Å². The zero-order valence-electron chi connectivity index (χ0n) is 15.0. The Balaban J connectivity index is 3.19. The Kier molecular flexibility index (Phi) is 6.54. The Bertz CT molecular complexity index is 722. The van der Waals surface area contributed by atoms with Gasteiger partial charge in [-0.25, -0.2) is 0 Å². The van der Waals surface area contributed by atoms with Gasteiger partial charge in [-0.15, -0.1) is 0 Å². The summed E-state index contributed by atoms with van der Waals surface area (Å²) in [5.41, 5.74) is -14.5. The Morgan fingerprint density at radius 1 is 0.786 bits per heavy atom. The van der Waals surface area contributed by atoms with Gasteiger partial charge in [0.1, 0.15) is 0 Å². The normalized spacial score (nSPS) is 26.5. The Morgan fingerprint density at radius 3 is 1.25 bits per heavy atom. The molecule has 0 bridgehead atoms. The van der Waals surface area contributed by atoms with Crippen LogP contribution >= 0.6 is 0 Å². The molecule has 168 valence electrons. The molecule has 1 rings (SSSR count). The predicted molar refractivity (Wildman–Crippen MR) is 80.6 cm³/mol. The molecule has 8 nitrogen and oxygen atoms in total. The quantitative estimate of drug-likeness (QED) is 0.360. The molecule has 28 heavy (non-hydrogen) atoms. The molecule has 0 amide bonds. The van der Waals surface area contributed by atoms with E-state index in [1.54, 1.807) is 0 Å². The fourth-order valence-corrected chi connectivity index (χ4v) is 4.06. The van der Waals surface area contributed by atoms with Gasteiger partial charge in [-0.05, 0) is 27.7 Å². The van der Waals surface area contributed by atoms with Crippen molar-refractivity contribution in [2.24, 2.45) is 11.8 Å². The second kappa shape index (κ2) is 7.23. The topological polar surface area (TPSA) is 110 Å². The van der Waals surface area contributed by atoms with Gasteiger partial charge in [0.15, 0.2) is 0 Å². The Morgan fingerprint density at radius 2 is 1.04 bits per heavy atom. The molecule has 0 saturated carbocycles. The third-order valence-electron chi connectivity index (χ3n) is 4.76. The maximum absolute atomic E-state index is 12.5. The number of alkyl halides is 6. The van der Waals surface area contributed by atoms with E-state index in [0.29, 0.717) is 5.06 Å². The third-order valence-corrected chi connectivity index (χ3v) is 6.79. The minimum atomic E-state index is -6.02. The van der Waals surface area contributed by atoms with Crippen molar-refractivity contribution in [1.29, 1.82) is 0 Å². The van der Waals surface area contributed by atoms with Crippen molar-refractivity contribution in [3.05, 3.63) is 0 Å². The smallest absolute Gasteiger partial charge is 0.313 e. The summed E-state index contributed by atoms with van der Waals surface area (Å²) in [6, 6.07) is 0. The summed E-state index contributed by atoms with van der Waals surface area (Å²) in [7, 11) is -12.0. The van der Waals surface area contributed by atoms with Crippen LogP contribution < -0.4 is 0 Å². The number of rotatable bonds is 6. The number of hydrogen-bond acceptors (Lipinski definition) is 8. The summed E-state index contributed by atoms with van der Waals surface area (Å²) >= 11 is 0. The van der Waals surface area contributed by atoms with E-state index in [1.165, 1.54) is 27.7 Å². The summed E-state index contributed by atoms with van der Waals surface area (Å²) in [5.74, 6) is -2.71. The highest BCUT2D eigenvalue weighted by Crippen LogP contribution is 2.49. The van der Waals surface area contributed by atoms with Gasteiger partial charge in [-0.3, -0.25) is 8.37 Å². The SMILES string of the molecule is CC1(C)[C@H](COS(=O)(=O)C(F)(F)F)[C@@H](COS(=O)(=O)C(F)(F)F)C(C)(C)N1O. The van der Waals surface area contributed by atoms with Crippen LogP contribution in [0.25, 0.3) is 0 Å². The highest BCUT2D eigenvalue weighted by molar-refractivity contribution is 7.87. The van der Waals surface area contributed by atoms with Crippen molar-refractivity contribution in [3.63, 3.8) is 0 Å². The van der Waals surface area contributed by atoms with Crippen molar-refractivity contribution < 1.29 is 56.8 Å². The van der Waals surface area contributed by atoms with Crippen LogP contribution in [0.5, 0.6) is 0 Å². The third kappa shape index (κ3) is 4.56. The molecular weight excluding hydrogens is 448 g/mol. The van der Waals surface area contributed by atoms with Gasteiger partial charge in [0.05, 0.1) is 13.2 Å². The van der Waals surface area contributed by atoms with E-state index >= 15 is 0 Å². The standard InChI is InChI=1S/C12H19F6NO7S2/c1-9(2)7(5-25-27(21,22)11(13,14)15)8(10(3,4)19(9)20)6-26-28(23,24)12(16,17)18/h7-8,20H,5-6H2,1-4H3/t7-,8-/m1/s1. The molecule has 0 radical (unpaired) electrons. The molecule has 0 aromatic heterocycles. The summed E-state index contributed by atoms with van der Waals surface area (Å²) in [4.78, 5) is 0. The van der Waals surface area contributed by atoms with Gasteiger partial charge in [-0.2, -0.15) is 48.2 Å². The molecular formula is C12H19F6NO7S2. The number of nitrogens with zero attached hydrogens (tertiary/aromatic N) is 1. The zero-order valence-corrected chi connectivity index (χ0v) is 16.6. The molecule has 1 aliphatic rings. The van der Waals surface area contributed by atoms with Crippen LogP contribution in [-0.2, 0) is 28.6 Å². The number of hydrogen-bond donors (Lipinski definition) is 1. The molecule has 0 unspecified atom stereocenters. The highest BCUT2D eigenvalue weighted by atomic mass is 32.2. The lowest BCUT2D eigenvalue weighted by Gasteiger charge is -2.36. The van der Waals surface area contributed by atoms with E-state index < -0.39 is 67.4 Å². The van der Waals surface area contributed by atoms with Crippen LogP contribution in [0.4, 0.5) is 26.3 Å². The Labute approximate surface area is 157 Å². The fraction of sp³-hybridized carbons (Fsp3) is 1.00. The van der Waals surface area contributed by atoms with Crippen LogP contribution in [0.3, 0.4) is 0 Å². The lowest BCUT2D eigenvalue weighted by Crippen LogP contribution is -2.48. The minimum Gasteiger partial charge on any atom is -0.313 e. The van der Waals surface area contributed by atoms with Crippen molar-refractivity contribution >= 4 is 20.2 Å². The van der Waals surface area contributed by atoms with Gasteiger partial charge in [0, 0.05) is 22.9 Å². The average molecular weight is 467 g/mol. The second-order valence-corrected chi connectivity index (χ2v) is 10.4. The van der Waals surface area contributed by atoms with Crippen LogP contribution in [-0.4, -0.2) is 62.4 Å². The van der Waals surface area contributed by atoms with Crippen LogP contribution in [0.1, 0.15) is 27.7 Å². The van der Waals surface area contributed by atoms with E-state index in [4.69, 9.17) is 0 Å². The largest absolute Gasteiger partial charge is 0.523 e. The molecule has 0 spiro atoms. The van der Waals surface area contributed by atoms with Crippen molar-refractivity contribution in [2.75, 3.05) is 13.2 Å². The lowest BCUT2D eigenvalue weighted by atomic mass is 9.78. The molecule has 1 aliphatic heterocycles. The number of halogens is 6. The van der Waals surface area contributed by atoms with Crippen molar-refractivity contribution in [2.45, 2.75) is 49.8 Å². The van der Waals surface area contributed by atoms with Gasteiger partial charge < -0.3 is 5.21 Å². The van der Waals surface area contributed by atoms with E-state index in [-0.39, 0.29) is 0 Å². The van der Waals surface area contributed by atoms with Crippen molar-refractivity contribution in [3.8, 4) is 0 Å². The van der Waals surface area contributed by atoms with E-state index in [2.05, 4.69) is 8.37 Å². The fourth-order valence-electron chi connectivity index (χ4n) is 3.14. The van der Waals surface area contributed by atoms with E-state index in [1.807, 2.05) is 0 Å². The first-order chi connectivity index (χ1) is 12.1. The summed E-state index contributed by atoms with van der Waals surface area (Å²) in [6.07, 6.45) is 0. The maximum Gasteiger partial charge on any atom is 0.523 e. The highest BCUT2D eigenvalue weighted by Gasteiger charge is 2.60. The van der Waals surface area contributed by atoms with E-state index in [9.17, 15) is 48.4 Å². The van der Waals surface area contributed by atoms with Crippen LogP contribution in [0, 0.1) is 11.8 Å². The average Bonchev–Trinajstić information content (AvgIpc) is 2.58. The first-order valence-electron chi connectivity index (χ1n) is 7.49. The predicted octanol–water partition coefficient (Wildman–Crippen LogP) is 2.21. The van der Waals surface area contributed by atoms with Gasteiger partial charge in [-0.1, -0.05) is 0 Å². The molecule has 16 heteroatoms. The van der Waals surface area contributed by atoms with Gasteiger partial charge in [0.2, 0.25) is 0 Å². The van der Waals surface area contributed by atoms with Crippen LogP contribution in [0.2, 0.25) is 0 Å². The van der Waals surface area contributed by atoms with Gasteiger partial charge >= 0.3 is 31.3 Å².